The summed E-state index contributed by atoms with van der Waals surface area (Å²) in [6.45, 7) is 6.20. The topological polar surface area (TPSA) is 43.8 Å². The molecule has 0 aliphatic heterocycles. The van der Waals surface area contributed by atoms with Crippen LogP contribution in [-0.4, -0.2) is 60.1 Å². The van der Waals surface area contributed by atoms with Gasteiger partial charge in [0.25, 0.3) is 0 Å². The second kappa shape index (κ2) is 7.74. The molecule has 0 radical (unpaired) electrons. The SMILES string of the molecule is CCN(CCO)CC(=O)N(C)C1CCCCC1C. The average molecular weight is 256 g/mol. The number of carbonyl (C=O) groups excluding carboxylic acids is 1. The van der Waals surface area contributed by atoms with Gasteiger partial charge in [0.15, 0.2) is 0 Å². The maximum Gasteiger partial charge on any atom is 0.236 e. The number of likely N-dealkylation sites (N-methyl/N-ethyl adjacent to an activating group) is 2. The number of hydrogen-bond acceptors (Lipinski definition) is 3. The zero-order chi connectivity index (χ0) is 13.5. The first-order valence-corrected chi connectivity index (χ1v) is 7.19. The van der Waals surface area contributed by atoms with Crippen LogP contribution in [0.25, 0.3) is 0 Å². The van der Waals surface area contributed by atoms with Gasteiger partial charge in [-0.05, 0) is 25.3 Å². The third-order valence-corrected chi connectivity index (χ3v) is 4.18. The van der Waals surface area contributed by atoms with Gasteiger partial charge in [-0.15, -0.1) is 0 Å². The molecule has 1 saturated carbocycles. The second-order valence-electron chi connectivity index (χ2n) is 5.43. The van der Waals surface area contributed by atoms with E-state index >= 15 is 0 Å². The number of aliphatic hydroxyl groups is 1. The van der Waals surface area contributed by atoms with Crippen LogP contribution < -0.4 is 0 Å². The van der Waals surface area contributed by atoms with Gasteiger partial charge in [-0.2, -0.15) is 0 Å². The molecular formula is C14H28N2O2. The Hall–Kier alpha value is -0.610. The van der Waals surface area contributed by atoms with Crippen molar-refractivity contribution >= 4 is 5.91 Å². The van der Waals surface area contributed by atoms with E-state index in [0.717, 1.165) is 13.0 Å². The van der Waals surface area contributed by atoms with Crippen LogP contribution in [0, 0.1) is 5.92 Å². The van der Waals surface area contributed by atoms with Crippen LogP contribution in [0.3, 0.4) is 0 Å². The Balaban J connectivity index is 2.48. The van der Waals surface area contributed by atoms with Crippen LogP contribution in [0.5, 0.6) is 0 Å². The van der Waals surface area contributed by atoms with Crippen LogP contribution in [0.4, 0.5) is 0 Å². The lowest BCUT2D eigenvalue weighted by molar-refractivity contribution is -0.134. The normalized spacial score (nSPS) is 24.3. The fourth-order valence-corrected chi connectivity index (χ4v) is 2.85. The molecule has 1 fully saturated rings. The minimum absolute atomic E-state index is 0.116. The molecule has 2 unspecified atom stereocenters. The van der Waals surface area contributed by atoms with Gasteiger partial charge in [-0.3, -0.25) is 9.69 Å². The van der Waals surface area contributed by atoms with Crippen LogP contribution in [0.1, 0.15) is 39.5 Å². The van der Waals surface area contributed by atoms with Gasteiger partial charge >= 0.3 is 0 Å². The molecule has 106 valence electrons. The van der Waals surface area contributed by atoms with Crippen molar-refractivity contribution in [3.8, 4) is 0 Å². The highest BCUT2D eigenvalue weighted by molar-refractivity contribution is 5.78. The summed E-state index contributed by atoms with van der Waals surface area (Å²) in [7, 11) is 1.93. The average Bonchev–Trinajstić information content (AvgIpc) is 2.37. The quantitative estimate of drug-likeness (QED) is 0.780. The fourth-order valence-electron chi connectivity index (χ4n) is 2.85. The molecule has 0 aromatic rings. The summed E-state index contributed by atoms with van der Waals surface area (Å²) in [4.78, 5) is 16.2. The highest BCUT2D eigenvalue weighted by Crippen LogP contribution is 2.27. The van der Waals surface area contributed by atoms with Crippen LogP contribution in [-0.2, 0) is 4.79 Å². The van der Waals surface area contributed by atoms with Gasteiger partial charge in [-0.25, -0.2) is 0 Å². The Bertz CT molecular complexity index is 258. The molecule has 1 aliphatic carbocycles. The Morgan fingerprint density at radius 3 is 2.56 bits per heavy atom. The highest BCUT2D eigenvalue weighted by atomic mass is 16.3. The predicted octanol–water partition coefficient (Wildman–Crippen LogP) is 1.34. The van der Waals surface area contributed by atoms with Gasteiger partial charge in [0.05, 0.1) is 13.2 Å². The molecule has 18 heavy (non-hydrogen) atoms. The molecule has 4 nitrogen and oxygen atoms in total. The van der Waals surface area contributed by atoms with E-state index in [1.807, 2.05) is 23.8 Å². The summed E-state index contributed by atoms with van der Waals surface area (Å²) in [6, 6.07) is 0.402. The predicted molar refractivity (Wildman–Crippen MR) is 73.4 cm³/mol. The van der Waals surface area contributed by atoms with Crippen LogP contribution >= 0.6 is 0 Å². The van der Waals surface area contributed by atoms with E-state index in [9.17, 15) is 4.79 Å². The Kier molecular flexibility index (Phi) is 6.65. The molecule has 1 N–H and O–H groups in total. The first-order valence-electron chi connectivity index (χ1n) is 7.19. The maximum absolute atomic E-state index is 12.2. The molecule has 0 saturated heterocycles. The van der Waals surface area contributed by atoms with Gasteiger partial charge in [0.2, 0.25) is 5.91 Å². The molecule has 1 rings (SSSR count). The number of hydrogen-bond donors (Lipinski definition) is 1. The van der Waals surface area contributed by atoms with Gasteiger partial charge in [0.1, 0.15) is 0 Å². The number of nitrogens with zero attached hydrogens (tertiary/aromatic N) is 2. The third-order valence-electron chi connectivity index (χ3n) is 4.18. The van der Waals surface area contributed by atoms with Crippen molar-refractivity contribution < 1.29 is 9.90 Å². The van der Waals surface area contributed by atoms with Crippen molar-refractivity contribution in [2.75, 3.05) is 33.3 Å². The zero-order valence-electron chi connectivity index (χ0n) is 12.1. The Morgan fingerprint density at radius 2 is 2.00 bits per heavy atom. The lowest BCUT2D eigenvalue weighted by atomic mass is 9.85. The summed E-state index contributed by atoms with van der Waals surface area (Å²) in [6.07, 6.45) is 4.90. The summed E-state index contributed by atoms with van der Waals surface area (Å²) in [5.74, 6) is 0.796. The lowest BCUT2D eigenvalue weighted by Gasteiger charge is -2.37. The highest BCUT2D eigenvalue weighted by Gasteiger charge is 2.28. The summed E-state index contributed by atoms with van der Waals surface area (Å²) < 4.78 is 0. The van der Waals surface area contributed by atoms with Gasteiger partial charge < -0.3 is 10.0 Å². The molecule has 0 aromatic carbocycles. The minimum Gasteiger partial charge on any atom is -0.395 e. The van der Waals surface area contributed by atoms with Crippen molar-refractivity contribution in [1.82, 2.24) is 9.80 Å². The molecule has 0 aromatic heterocycles. The number of aliphatic hydroxyl groups excluding tert-OH is 1. The van der Waals surface area contributed by atoms with Crippen LogP contribution in [0.15, 0.2) is 0 Å². The minimum atomic E-state index is 0.116. The molecule has 1 aliphatic rings. The molecule has 0 spiro atoms. The molecule has 2 atom stereocenters. The van der Waals surface area contributed by atoms with E-state index in [-0.39, 0.29) is 12.5 Å². The standard InChI is InChI=1S/C14H28N2O2/c1-4-16(9-10-17)11-14(18)15(3)13-8-6-5-7-12(13)2/h12-13,17H,4-11H2,1-3H3. The van der Waals surface area contributed by atoms with Crippen molar-refractivity contribution in [1.29, 1.82) is 0 Å². The summed E-state index contributed by atoms with van der Waals surface area (Å²) in [5, 5.41) is 8.94. The summed E-state index contributed by atoms with van der Waals surface area (Å²) in [5.41, 5.74) is 0. The lowest BCUT2D eigenvalue weighted by Crippen LogP contribution is -2.47. The first-order chi connectivity index (χ1) is 8.60. The first kappa shape index (κ1) is 15.4. The van der Waals surface area contributed by atoms with E-state index < -0.39 is 0 Å². The fraction of sp³-hybridized carbons (Fsp3) is 0.929. The van der Waals surface area contributed by atoms with E-state index in [4.69, 9.17) is 5.11 Å². The smallest absolute Gasteiger partial charge is 0.236 e. The Labute approximate surface area is 111 Å². The zero-order valence-corrected chi connectivity index (χ0v) is 12.1. The van der Waals surface area contributed by atoms with E-state index in [1.165, 1.54) is 19.3 Å². The Morgan fingerprint density at radius 1 is 1.33 bits per heavy atom. The molecule has 1 amide bonds. The molecule has 4 heteroatoms. The number of carbonyl (C=O) groups is 1. The van der Waals surface area contributed by atoms with E-state index in [1.54, 1.807) is 0 Å². The van der Waals surface area contributed by atoms with E-state index in [0.29, 0.717) is 25.0 Å². The molecule has 0 heterocycles. The molecular weight excluding hydrogens is 228 g/mol. The largest absolute Gasteiger partial charge is 0.395 e. The van der Waals surface area contributed by atoms with Crippen LogP contribution in [0.2, 0.25) is 0 Å². The second-order valence-corrected chi connectivity index (χ2v) is 5.43. The van der Waals surface area contributed by atoms with Gasteiger partial charge in [0, 0.05) is 19.6 Å². The third kappa shape index (κ3) is 4.25. The monoisotopic (exact) mass is 256 g/mol. The van der Waals surface area contributed by atoms with Crippen molar-refractivity contribution in [2.24, 2.45) is 5.92 Å². The van der Waals surface area contributed by atoms with Crippen molar-refractivity contribution in [3.05, 3.63) is 0 Å². The maximum atomic E-state index is 12.2. The van der Waals surface area contributed by atoms with E-state index in [2.05, 4.69) is 6.92 Å². The van der Waals surface area contributed by atoms with Crippen molar-refractivity contribution in [3.63, 3.8) is 0 Å². The number of rotatable bonds is 6. The number of amides is 1. The molecule has 0 bridgehead atoms. The van der Waals surface area contributed by atoms with Crippen molar-refractivity contribution in [2.45, 2.75) is 45.6 Å². The summed E-state index contributed by atoms with van der Waals surface area (Å²) >= 11 is 0. The van der Waals surface area contributed by atoms with Gasteiger partial charge in [-0.1, -0.05) is 26.7 Å².